The molecule has 0 saturated heterocycles. The Hall–Kier alpha value is -3.15. The van der Waals surface area contributed by atoms with Crippen molar-refractivity contribution < 1.29 is 19.5 Å². The SMILES string of the molecule is Cc1ccc(CCC(=O)NCC(=O)NC(CCC(=O)O)c2ccccc2)cc1. The van der Waals surface area contributed by atoms with Crippen LogP contribution in [-0.2, 0) is 20.8 Å². The van der Waals surface area contributed by atoms with Gasteiger partial charge in [0.15, 0.2) is 0 Å². The molecule has 148 valence electrons. The van der Waals surface area contributed by atoms with E-state index >= 15 is 0 Å². The Morgan fingerprint density at radius 2 is 1.61 bits per heavy atom. The monoisotopic (exact) mass is 382 g/mol. The number of amides is 2. The minimum atomic E-state index is -0.917. The molecule has 6 heteroatoms. The van der Waals surface area contributed by atoms with E-state index in [4.69, 9.17) is 5.11 Å². The quantitative estimate of drug-likeness (QED) is 0.589. The van der Waals surface area contributed by atoms with Crippen molar-refractivity contribution in [1.29, 1.82) is 0 Å². The van der Waals surface area contributed by atoms with Crippen molar-refractivity contribution >= 4 is 17.8 Å². The molecule has 6 nitrogen and oxygen atoms in total. The third-order valence-corrected chi connectivity index (χ3v) is 4.39. The summed E-state index contributed by atoms with van der Waals surface area (Å²) in [5.74, 6) is -1.46. The molecule has 2 aromatic rings. The van der Waals surface area contributed by atoms with E-state index < -0.39 is 12.0 Å². The lowest BCUT2D eigenvalue weighted by molar-refractivity contribution is -0.137. The molecule has 1 atom stereocenters. The number of hydrogen-bond acceptors (Lipinski definition) is 3. The van der Waals surface area contributed by atoms with E-state index in [-0.39, 0.29) is 31.2 Å². The van der Waals surface area contributed by atoms with Crippen LogP contribution in [0.2, 0.25) is 0 Å². The van der Waals surface area contributed by atoms with Crippen molar-refractivity contribution in [3.8, 4) is 0 Å². The smallest absolute Gasteiger partial charge is 0.303 e. The Kier molecular flexibility index (Phi) is 8.21. The van der Waals surface area contributed by atoms with Crippen molar-refractivity contribution in [3.05, 3.63) is 71.3 Å². The maximum Gasteiger partial charge on any atom is 0.303 e. The molecule has 0 aromatic heterocycles. The zero-order valence-corrected chi connectivity index (χ0v) is 16.0. The number of benzene rings is 2. The first kappa shape index (κ1) is 21.2. The molecule has 0 fully saturated rings. The van der Waals surface area contributed by atoms with Crippen LogP contribution in [0.1, 0.15) is 42.0 Å². The highest BCUT2D eigenvalue weighted by Crippen LogP contribution is 2.18. The highest BCUT2D eigenvalue weighted by Gasteiger charge is 2.16. The van der Waals surface area contributed by atoms with Crippen molar-refractivity contribution in [2.75, 3.05) is 6.54 Å². The summed E-state index contributed by atoms with van der Waals surface area (Å²) in [5.41, 5.74) is 3.08. The van der Waals surface area contributed by atoms with Crippen LogP contribution in [0.15, 0.2) is 54.6 Å². The van der Waals surface area contributed by atoms with Gasteiger partial charge in [-0.05, 0) is 30.9 Å². The van der Waals surface area contributed by atoms with Gasteiger partial charge in [-0.1, -0.05) is 60.2 Å². The third-order valence-electron chi connectivity index (χ3n) is 4.39. The first-order valence-electron chi connectivity index (χ1n) is 9.32. The average Bonchev–Trinajstić information content (AvgIpc) is 2.69. The summed E-state index contributed by atoms with van der Waals surface area (Å²) in [7, 11) is 0. The van der Waals surface area contributed by atoms with Crippen LogP contribution in [0.4, 0.5) is 0 Å². The van der Waals surface area contributed by atoms with Gasteiger partial charge in [-0.15, -0.1) is 0 Å². The van der Waals surface area contributed by atoms with Crippen molar-refractivity contribution in [2.45, 2.75) is 38.6 Å². The summed E-state index contributed by atoms with van der Waals surface area (Å²) in [6.45, 7) is 1.87. The highest BCUT2D eigenvalue weighted by molar-refractivity contribution is 5.85. The summed E-state index contributed by atoms with van der Waals surface area (Å²) >= 11 is 0. The molecule has 0 heterocycles. The van der Waals surface area contributed by atoms with Crippen LogP contribution in [0.5, 0.6) is 0 Å². The number of rotatable bonds is 10. The van der Waals surface area contributed by atoms with Gasteiger partial charge in [-0.3, -0.25) is 14.4 Å². The van der Waals surface area contributed by atoms with Crippen LogP contribution in [0.3, 0.4) is 0 Å². The van der Waals surface area contributed by atoms with Gasteiger partial charge in [-0.2, -0.15) is 0 Å². The van der Waals surface area contributed by atoms with E-state index in [0.717, 1.165) is 11.1 Å². The van der Waals surface area contributed by atoms with Crippen LogP contribution < -0.4 is 10.6 Å². The fourth-order valence-corrected chi connectivity index (χ4v) is 2.80. The van der Waals surface area contributed by atoms with E-state index in [1.807, 2.05) is 61.5 Å². The van der Waals surface area contributed by atoms with Gasteiger partial charge < -0.3 is 15.7 Å². The van der Waals surface area contributed by atoms with Gasteiger partial charge in [0.05, 0.1) is 12.6 Å². The first-order chi connectivity index (χ1) is 13.4. The van der Waals surface area contributed by atoms with Crippen LogP contribution in [0.25, 0.3) is 0 Å². The third kappa shape index (κ3) is 7.61. The largest absolute Gasteiger partial charge is 0.481 e. The fourth-order valence-electron chi connectivity index (χ4n) is 2.80. The Bertz CT molecular complexity index is 788. The molecular formula is C22H26N2O4. The summed E-state index contributed by atoms with van der Waals surface area (Å²) in [4.78, 5) is 35.1. The number of hydrogen-bond donors (Lipinski definition) is 3. The van der Waals surface area contributed by atoms with E-state index in [9.17, 15) is 14.4 Å². The van der Waals surface area contributed by atoms with Gasteiger partial charge in [0.1, 0.15) is 0 Å². The van der Waals surface area contributed by atoms with Crippen molar-refractivity contribution in [1.82, 2.24) is 10.6 Å². The van der Waals surface area contributed by atoms with Crippen LogP contribution in [0, 0.1) is 6.92 Å². The van der Waals surface area contributed by atoms with E-state index in [1.165, 1.54) is 5.56 Å². The molecule has 0 radical (unpaired) electrons. The van der Waals surface area contributed by atoms with E-state index in [0.29, 0.717) is 12.8 Å². The molecule has 0 aliphatic rings. The number of carboxylic acids is 1. The van der Waals surface area contributed by atoms with Crippen LogP contribution >= 0.6 is 0 Å². The molecule has 2 aromatic carbocycles. The zero-order chi connectivity index (χ0) is 20.4. The molecule has 28 heavy (non-hydrogen) atoms. The van der Waals surface area contributed by atoms with E-state index in [1.54, 1.807) is 0 Å². The first-order valence-corrected chi connectivity index (χ1v) is 9.32. The molecule has 0 spiro atoms. The number of carboxylic acid groups (broad SMARTS) is 1. The molecule has 2 rings (SSSR count). The fraction of sp³-hybridized carbons (Fsp3) is 0.318. The lowest BCUT2D eigenvalue weighted by atomic mass is 10.0. The lowest BCUT2D eigenvalue weighted by Gasteiger charge is -2.18. The Balaban J connectivity index is 1.80. The van der Waals surface area contributed by atoms with Gasteiger partial charge in [0.2, 0.25) is 11.8 Å². The minimum absolute atomic E-state index is 0.0528. The highest BCUT2D eigenvalue weighted by atomic mass is 16.4. The van der Waals surface area contributed by atoms with Crippen molar-refractivity contribution in [2.24, 2.45) is 0 Å². The molecule has 0 aliphatic heterocycles. The van der Waals surface area contributed by atoms with Gasteiger partial charge in [-0.25, -0.2) is 0 Å². The Morgan fingerprint density at radius 3 is 2.25 bits per heavy atom. The molecule has 2 amide bonds. The van der Waals surface area contributed by atoms with Gasteiger partial charge >= 0.3 is 5.97 Å². The summed E-state index contributed by atoms with van der Waals surface area (Å²) in [6.07, 6.45) is 1.14. The van der Waals surface area contributed by atoms with Gasteiger partial charge in [0, 0.05) is 12.8 Å². The summed E-state index contributed by atoms with van der Waals surface area (Å²) in [5, 5.41) is 14.3. The average molecular weight is 382 g/mol. The summed E-state index contributed by atoms with van der Waals surface area (Å²) in [6, 6.07) is 16.8. The Morgan fingerprint density at radius 1 is 0.929 bits per heavy atom. The number of nitrogens with one attached hydrogen (secondary N) is 2. The normalized spacial score (nSPS) is 11.5. The second-order valence-corrected chi connectivity index (χ2v) is 6.73. The maximum atomic E-state index is 12.2. The second kappa shape index (κ2) is 10.9. The number of aliphatic carboxylic acids is 1. The number of aryl methyl sites for hydroxylation is 2. The molecule has 0 bridgehead atoms. The Labute approximate surface area is 165 Å². The summed E-state index contributed by atoms with van der Waals surface area (Å²) < 4.78 is 0. The van der Waals surface area contributed by atoms with E-state index in [2.05, 4.69) is 10.6 Å². The second-order valence-electron chi connectivity index (χ2n) is 6.73. The topological polar surface area (TPSA) is 95.5 Å². The maximum absolute atomic E-state index is 12.2. The van der Waals surface area contributed by atoms with Crippen molar-refractivity contribution in [3.63, 3.8) is 0 Å². The zero-order valence-electron chi connectivity index (χ0n) is 16.0. The predicted molar refractivity (Wildman–Crippen MR) is 107 cm³/mol. The molecule has 0 aliphatic carbocycles. The number of carbonyl (C=O) groups excluding carboxylic acids is 2. The number of carbonyl (C=O) groups is 3. The standard InChI is InChI=1S/C22H26N2O4/c1-16-7-9-17(10-8-16)11-13-20(25)23-15-21(26)24-19(12-14-22(27)28)18-5-3-2-4-6-18/h2-10,19H,11-15H2,1H3,(H,23,25)(H,24,26)(H,27,28). The molecule has 3 N–H and O–H groups in total. The molecule has 0 saturated carbocycles. The minimum Gasteiger partial charge on any atom is -0.481 e. The predicted octanol–water partition coefficient (Wildman–Crippen LogP) is 2.77. The van der Waals surface area contributed by atoms with Crippen LogP contribution in [-0.4, -0.2) is 29.4 Å². The lowest BCUT2D eigenvalue weighted by Crippen LogP contribution is -2.38. The molecule has 1 unspecified atom stereocenters. The molecular weight excluding hydrogens is 356 g/mol. The van der Waals surface area contributed by atoms with Gasteiger partial charge in [0.25, 0.3) is 0 Å².